The van der Waals surface area contributed by atoms with Crippen LogP contribution in [0.25, 0.3) is 0 Å². The monoisotopic (exact) mass is 99.1 g/mol. The second-order valence-corrected chi connectivity index (χ2v) is 2.65. The van der Waals surface area contributed by atoms with Gasteiger partial charge in [-0.25, -0.2) is 0 Å². The van der Waals surface area contributed by atoms with Gasteiger partial charge in [0.15, 0.2) is 0 Å². The first kappa shape index (κ1) is 6.33. The van der Waals surface area contributed by atoms with Crippen molar-refractivity contribution in [1.29, 1.82) is 0 Å². The molecule has 0 heterocycles. The third kappa shape index (κ3) is 4.33. The molecule has 1 nitrogen and oxygen atoms in total. The van der Waals surface area contributed by atoms with Crippen LogP contribution >= 0.6 is 0 Å². The molecule has 0 aromatic heterocycles. The fraction of sp³-hybridized carbons (Fsp3) is 1.00. The van der Waals surface area contributed by atoms with Crippen molar-refractivity contribution < 1.29 is 0 Å². The zero-order valence-electron chi connectivity index (χ0n) is 4.65. The normalized spacial score (nSPS) is 11.0. The summed E-state index contributed by atoms with van der Waals surface area (Å²) in [6.45, 7) is 6.25. The molecule has 0 saturated heterocycles. The van der Waals surface area contributed by atoms with Crippen LogP contribution in [0.5, 0.6) is 0 Å². The van der Waals surface area contributed by atoms with E-state index in [0.717, 1.165) is 0 Å². The summed E-state index contributed by atoms with van der Waals surface area (Å²) < 4.78 is 4.05. The van der Waals surface area contributed by atoms with Gasteiger partial charge in [-0.2, -0.15) is 0 Å². The van der Waals surface area contributed by atoms with Gasteiger partial charge in [0, 0.05) is 0 Å². The quantitative estimate of drug-likeness (QED) is 0.399. The first-order valence-corrected chi connectivity index (χ1v) is 2.67. The molecular formula is C4H10AlN. The summed E-state index contributed by atoms with van der Waals surface area (Å²) >= 11 is 1.66. The van der Waals surface area contributed by atoms with E-state index in [4.69, 9.17) is 0 Å². The molecule has 0 N–H and O–H groups in total. The van der Waals surface area contributed by atoms with Gasteiger partial charge in [0.2, 0.25) is 0 Å². The van der Waals surface area contributed by atoms with Crippen LogP contribution in [0, 0.1) is 0 Å². The SMILES string of the molecule is CC(C)(C)[N]=[AlH]. The van der Waals surface area contributed by atoms with Gasteiger partial charge in [-0.1, -0.05) is 0 Å². The van der Waals surface area contributed by atoms with Crippen LogP contribution in [0.4, 0.5) is 0 Å². The molecule has 2 heteroatoms. The van der Waals surface area contributed by atoms with E-state index in [1.807, 2.05) is 0 Å². The molecule has 0 aromatic rings. The fourth-order valence-electron chi connectivity index (χ4n) is 0. The molecule has 0 aliphatic rings. The molecule has 0 fully saturated rings. The summed E-state index contributed by atoms with van der Waals surface area (Å²) in [6.07, 6.45) is 0. The Balaban J connectivity index is 3.45. The Labute approximate surface area is 47.0 Å². The van der Waals surface area contributed by atoms with Crippen LogP contribution < -0.4 is 0 Å². The first-order valence-electron chi connectivity index (χ1n) is 2.04. The van der Waals surface area contributed by atoms with E-state index in [9.17, 15) is 0 Å². The average Bonchev–Trinajstić information content (AvgIpc) is 1.35. The van der Waals surface area contributed by atoms with E-state index >= 15 is 0 Å². The van der Waals surface area contributed by atoms with E-state index in [1.54, 1.807) is 16.1 Å². The molecule has 0 radical (unpaired) electrons. The van der Waals surface area contributed by atoms with Gasteiger partial charge < -0.3 is 0 Å². The summed E-state index contributed by atoms with van der Waals surface area (Å²) in [5.74, 6) is 0. The maximum atomic E-state index is 4.05. The van der Waals surface area contributed by atoms with Crippen LogP contribution in [0.1, 0.15) is 20.8 Å². The molecule has 34 valence electrons. The molecule has 0 aliphatic carbocycles. The second kappa shape index (κ2) is 1.86. The van der Waals surface area contributed by atoms with Crippen molar-refractivity contribution in [3.05, 3.63) is 0 Å². The van der Waals surface area contributed by atoms with Gasteiger partial charge in [0.1, 0.15) is 0 Å². The summed E-state index contributed by atoms with van der Waals surface area (Å²) in [5.41, 5.74) is 0.179. The molecule has 0 atom stereocenters. The number of hydrogen-bond donors (Lipinski definition) is 0. The van der Waals surface area contributed by atoms with E-state index in [1.165, 1.54) is 0 Å². The Hall–Kier alpha value is 0.332. The van der Waals surface area contributed by atoms with Crippen molar-refractivity contribution in [2.45, 2.75) is 26.3 Å². The number of hydrogen-bond acceptors (Lipinski definition) is 1. The zero-order valence-corrected chi connectivity index (χ0v) is 6.07. The Morgan fingerprint density at radius 3 is 1.50 bits per heavy atom. The molecular weight excluding hydrogens is 89.0 g/mol. The second-order valence-electron chi connectivity index (χ2n) is 2.33. The van der Waals surface area contributed by atoms with E-state index < -0.39 is 0 Å². The molecule has 0 saturated carbocycles. The van der Waals surface area contributed by atoms with Crippen molar-refractivity contribution in [3.63, 3.8) is 0 Å². The molecule has 0 spiro atoms. The Kier molecular flexibility index (Phi) is 1.96. The van der Waals surface area contributed by atoms with E-state index in [2.05, 4.69) is 24.7 Å². The topological polar surface area (TPSA) is 12.4 Å². The molecule has 0 unspecified atom stereocenters. The Bertz CT molecular complexity index is 53.1. The molecule has 0 amide bonds. The number of nitrogens with zero attached hydrogens (tertiary/aromatic N) is 1. The molecule has 0 aliphatic heterocycles. The first-order chi connectivity index (χ1) is 2.56. The zero-order chi connectivity index (χ0) is 5.21. The van der Waals surface area contributed by atoms with Crippen LogP contribution in [0.3, 0.4) is 0 Å². The van der Waals surface area contributed by atoms with Gasteiger partial charge in [-0.05, 0) is 0 Å². The van der Waals surface area contributed by atoms with Gasteiger partial charge in [0.05, 0.1) is 0 Å². The number of rotatable bonds is 0. The summed E-state index contributed by atoms with van der Waals surface area (Å²) in [7, 11) is 0. The van der Waals surface area contributed by atoms with Crippen molar-refractivity contribution in [2.75, 3.05) is 0 Å². The van der Waals surface area contributed by atoms with E-state index in [-0.39, 0.29) is 5.54 Å². The summed E-state index contributed by atoms with van der Waals surface area (Å²) in [5, 5.41) is 0. The van der Waals surface area contributed by atoms with Crippen molar-refractivity contribution in [2.24, 2.45) is 3.93 Å². The van der Waals surface area contributed by atoms with Gasteiger partial charge >= 0.3 is 46.3 Å². The Morgan fingerprint density at radius 1 is 1.33 bits per heavy atom. The summed E-state index contributed by atoms with van der Waals surface area (Å²) in [4.78, 5) is 0. The van der Waals surface area contributed by atoms with Crippen molar-refractivity contribution >= 4 is 16.1 Å². The van der Waals surface area contributed by atoms with Gasteiger partial charge in [-0.15, -0.1) is 0 Å². The van der Waals surface area contributed by atoms with Crippen LogP contribution in [-0.4, -0.2) is 21.6 Å². The van der Waals surface area contributed by atoms with Crippen LogP contribution in [-0.2, 0) is 0 Å². The fourth-order valence-corrected chi connectivity index (χ4v) is 0. The van der Waals surface area contributed by atoms with Gasteiger partial charge in [-0.3, -0.25) is 0 Å². The molecule has 0 rings (SSSR count). The molecule has 0 aromatic carbocycles. The summed E-state index contributed by atoms with van der Waals surface area (Å²) in [6, 6.07) is 0. The van der Waals surface area contributed by atoms with Crippen LogP contribution in [0.2, 0.25) is 0 Å². The maximum absolute atomic E-state index is 4.05. The van der Waals surface area contributed by atoms with E-state index in [0.29, 0.717) is 0 Å². The predicted molar refractivity (Wildman–Crippen MR) is 29.3 cm³/mol. The Morgan fingerprint density at radius 2 is 1.50 bits per heavy atom. The molecule has 6 heavy (non-hydrogen) atoms. The standard InChI is InChI=1S/C4H9N.Al.H/c1-4(2,3)5;;/h1-3H3;;. The third-order valence-corrected chi connectivity index (χ3v) is 1.42. The van der Waals surface area contributed by atoms with Crippen molar-refractivity contribution in [1.82, 2.24) is 0 Å². The molecule has 0 bridgehead atoms. The van der Waals surface area contributed by atoms with Gasteiger partial charge in [0.25, 0.3) is 0 Å². The average molecular weight is 99.1 g/mol. The third-order valence-electron chi connectivity index (χ3n) is 0.474. The predicted octanol–water partition coefficient (Wildman–Crippen LogP) is 0.869. The minimum absolute atomic E-state index is 0.179. The minimum atomic E-state index is 0.179. The van der Waals surface area contributed by atoms with Crippen LogP contribution in [0.15, 0.2) is 3.93 Å². The van der Waals surface area contributed by atoms with Crippen molar-refractivity contribution in [3.8, 4) is 0 Å².